The van der Waals surface area contributed by atoms with E-state index in [1.807, 2.05) is 4.90 Å². The van der Waals surface area contributed by atoms with Crippen LogP contribution in [-0.4, -0.2) is 53.0 Å². The second kappa shape index (κ2) is 6.29. The summed E-state index contributed by atoms with van der Waals surface area (Å²) < 4.78 is 3.49. The van der Waals surface area contributed by atoms with Gasteiger partial charge in [-0.15, -0.1) is 0 Å². The lowest BCUT2D eigenvalue weighted by Gasteiger charge is -2.40. The number of carbonyl (C=O) groups excluding carboxylic acids is 1. The van der Waals surface area contributed by atoms with Crippen LogP contribution in [0, 0.1) is 5.92 Å². The SMILES string of the molecule is CCN(CC)C(=O)[C@@H]1C=C2c3cccc4c(Br)cn(c34)CC2N(C)C1. The maximum atomic E-state index is 12.9. The summed E-state index contributed by atoms with van der Waals surface area (Å²) in [7, 11) is 2.14. The van der Waals surface area contributed by atoms with Crippen LogP contribution in [0.2, 0.25) is 0 Å². The van der Waals surface area contributed by atoms with E-state index < -0.39 is 0 Å². The van der Waals surface area contributed by atoms with E-state index in [0.29, 0.717) is 6.04 Å². The lowest BCUT2D eigenvalue weighted by atomic mass is 9.85. The Morgan fingerprint density at radius 2 is 2.04 bits per heavy atom. The predicted octanol–water partition coefficient (Wildman–Crippen LogP) is 3.60. The lowest BCUT2D eigenvalue weighted by Crippen LogP contribution is -2.48. The van der Waals surface area contributed by atoms with Crippen molar-refractivity contribution in [2.24, 2.45) is 5.92 Å². The number of benzene rings is 1. The molecule has 0 fully saturated rings. The quantitative estimate of drug-likeness (QED) is 0.785. The summed E-state index contributed by atoms with van der Waals surface area (Å²) >= 11 is 3.69. The molecule has 5 heteroatoms. The van der Waals surface area contributed by atoms with Gasteiger partial charge in [0.1, 0.15) is 0 Å². The third-order valence-electron chi connectivity index (χ3n) is 5.68. The summed E-state index contributed by atoms with van der Waals surface area (Å²) in [5, 5.41) is 1.25. The van der Waals surface area contributed by atoms with Gasteiger partial charge in [-0.3, -0.25) is 9.69 Å². The number of aromatic nitrogens is 1. The number of rotatable bonds is 3. The van der Waals surface area contributed by atoms with Crippen LogP contribution in [0.3, 0.4) is 0 Å². The average molecular weight is 402 g/mol. The first-order chi connectivity index (χ1) is 12.0. The monoisotopic (exact) mass is 401 g/mol. The highest BCUT2D eigenvalue weighted by Gasteiger charge is 2.36. The minimum absolute atomic E-state index is 0.0589. The number of fused-ring (bicyclic) bond motifs is 2. The molecule has 25 heavy (non-hydrogen) atoms. The first kappa shape index (κ1) is 16.9. The van der Waals surface area contributed by atoms with Gasteiger partial charge in [0.05, 0.1) is 17.5 Å². The van der Waals surface area contributed by atoms with Gasteiger partial charge in [0.25, 0.3) is 0 Å². The topological polar surface area (TPSA) is 28.5 Å². The molecule has 0 radical (unpaired) electrons. The number of para-hydroxylation sites is 1. The van der Waals surface area contributed by atoms with E-state index in [1.165, 1.54) is 22.0 Å². The highest BCUT2D eigenvalue weighted by molar-refractivity contribution is 9.10. The van der Waals surface area contributed by atoms with Crippen LogP contribution in [0.1, 0.15) is 19.4 Å². The molecule has 2 aliphatic heterocycles. The third kappa shape index (κ3) is 2.56. The molecular weight excluding hydrogens is 378 g/mol. The summed E-state index contributed by atoms with van der Waals surface area (Å²) in [5.41, 5.74) is 3.85. The third-order valence-corrected chi connectivity index (χ3v) is 6.31. The summed E-state index contributed by atoms with van der Waals surface area (Å²) in [5.74, 6) is 0.188. The molecule has 0 bridgehead atoms. The van der Waals surface area contributed by atoms with E-state index in [4.69, 9.17) is 0 Å². The minimum atomic E-state index is -0.0589. The van der Waals surface area contributed by atoms with Gasteiger partial charge >= 0.3 is 0 Å². The van der Waals surface area contributed by atoms with Crippen LogP contribution in [-0.2, 0) is 11.3 Å². The van der Waals surface area contributed by atoms with Crippen LogP contribution in [0.5, 0.6) is 0 Å². The molecular formula is C20H24BrN3O. The van der Waals surface area contributed by atoms with Crippen molar-refractivity contribution in [3.63, 3.8) is 0 Å². The van der Waals surface area contributed by atoms with Gasteiger partial charge < -0.3 is 9.47 Å². The van der Waals surface area contributed by atoms with E-state index >= 15 is 0 Å². The Kier molecular flexibility index (Phi) is 4.24. The van der Waals surface area contributed by atoms with Crippen LogP contribution in [0.25, 0.3) is 16.5 Å². The summed E-state index contributed by atoms with van der Waals surface area (Å²) in [4.78, 5) is 17.2. The molecule has 132 valence electrons. The molecule has 0 N–H and O–H groups in total. The second-order valence-electron chi connectivity index (χ2n) is 7.03. The van der Waals surface area contributed by atoms with E-state index in [0.717, 1.165) is 30.7 Å². The molecule has 1 amide bonds. The second-order valence-corrected chi connectivity index (χ2v) is 7.88. The van der Waals surface area contributed by atoms with Gasteiger partial charge in [0, 0.05) is 47.8 Å². The minimum Gasteiger partial charge on any atom is -0.344 e. The maximum Gasteiger partial charge on any atom is 0.230 e. The molecule has 4 nitrogen and oxygen atoms in total. The van der Waals surface area contributed by atoms with E-state index in [9.17, 15) is 4.79 Å². The smallest absolute Gasteiger partial charge is 0.230 e. The number of hydrogen-bond donors (Lipinski definition) is 0. The number of hydrogen-bond acceptors (Lipinski definition) is 2. The Bertz CT molecular complexity index is 865. The Morgan fingerprint density at radius 3 is 2.76 bits per heavy atom. The zero-order chi connectivity index (χ0) is 17.7. The molecule has 3 heterocycles. The van der Waals surface area contributed by atoms with Crippen molar-refractivity contribution in [3.05, 3.63) is 40.5 Å². The highest BCUT2D eigenvalue weighted by Crippen LogP contribution is 2.41. The molecule has 1 aromatic carbocycles. The number of carbonyl (C=O) groups is 1. The van der Waals surface area contributed by atoms with Crippen LogP contribution >= 0.6 is 15.9 Å². The largest absolute Gasteiger partial charge is 0.344 e. The van der Waals surface area contributed by atoms with Crippen molar-refractivity contribution in [3.8, 4) is 0 Å². The number of likely N-dealkylation sites (N-methyl/N-ethyl adjacent to an activating group) is 1. The van der Waals surface area contributed by atoms with Crippen LogP contribution in [0.15, 0.2) is 34.9 Å². The van der Waals surface area contributed by atoms with Crippen molar-refractivity contribution in [2.75, 3.05) is 26.7 Å². The van der Waals surface area contributed by atoms with Crippen molar-refractivity contribution in [1.82, 2.24) is 14.4 Å². The van der Waals surface area contributed by atoms with Crippen molar-refractivity contribution >= 4 is 38.3 Å². The van der Waals surface area contributed by atoms with Crippen molar-refractivity contribution < 1.29 is 4.79 Å². The van der Waals surface area contributed by atoms with Gasteiger partial charge in [-0.1, -0.05) is 24.3 Å². The highest BCUT2D eigenvalue weighted by atomic mass is 79.9. The average Bonchev–Trinajstić information content (AvgIpc) is 2.94. The molecule has 1 aromatic heterocycles. The summed E-state index contributed by atoms with van der Waals surface area (Å²) in [6.45, 7) is 7.37. The van der Waals surface area contributed by atoms with Gasteiger partial charge in [0.2, 0.25) is 5.91 Å². The van der Waals surface area contributed by atoms with Crippen LogP contribution in [0.4, 0.5) is 0 Å². The molecule has 0 saturated heterocycles. The Balaban J connectivity index is 1.82. The molecule has 2 aliphatic rings. The predicted molar refractivity (Wildman–Crippen MR) is 105 cm³/mol. The summed E-state index contributed by atoms with van der Waals surface area (Å²) in [6.07, 6.45) is 4.43. The zero-order valence-corrected chi connectivity index (χ0v) is 16.6. The number of halogens is 1. The maximum absolute atomic E-state index is 12.9. The number of amides is 1. The molecule has 0 spiro atoms. The Hall–Kier alpha value is -1.59. The molecule has 0 aliphatic carbocycles. The number of nitrogens with zero attached hydrogens (tertiary/aromatic N) is 3. The van der Waals surface area contributed by atoms with E-state index in [1.54, 1.807) is 0 Å². The zero-order valence-electron chi connectivity index (χ0n) is 15.0. The fourth-order valence-electron chi connectivity index (χ4n) is 4.36. The summed E-state index contributed by atoms with van der Waals surface area (Å²) in [6, 6.07) is 6.80. The Morgan fingerprint density at radius 1 is 1.28 bits per heavy atom. The van der Waals surface area contributed by atoms with Crippen molar-refractivity contribution in [1.29, 1.82) is 0 Å². The molecule has 0 saturated carbocycles. The van der Waals surface area contributed by atoms with Gasteiger partial charge in [0.15, 0.2) is 0 Å². The molecule has 4 rings (SSSR count). The fourth-order valence-corrected chi connectivity index (χ4v) is 4.93. The van der Waals surface area contributed by atoms with Gasteiger partial charge in [-0.2, -0.15) is 0 Å². The molecule has 2 aromatic rings. The first-order valence-electron chi connectivity index (χ1n) is 9.03. The van der Waals surface area contributed by atoms with Crippen molar-refractivity contribution in [2.45, 2.75) is 26.4 Å². The standard InChI is InChI=1S/C20H24BrN3O/c1-4-23(5-2)20(25)13-9-16-14-7-6-8-15-17(21)11-24(19(14)15)12-18(16)22(3)10-13/h6-9,11,13,18H,4-5,10,12H2,1-3H3/t13-,18?/m1/s1. The normalized spacial score (nSPS) is 22.6. The lowest BCUT2D eigenvalue weighted by molar-refractivity contribution is -0.134. The van der Waals surface area contributed by atoms with Crippen LogP contribution < -0.4 is 0 Å². The van der Waals surface area contributed by atoms with E-state index in [-0.39, 0.29) is 11.8 Å². The van der Waals surface area contributed by atoms with Gasteiger partial charge in [-0.25, -0.2) is 0 Å². The van der Waals surface area contributed by atoms with Gasteiger partial charge in [-0.05, 0) is 42.4 Å². The first-order valence-corrected chi connectivity index (χ1v) is 9.82. The van der Waals surface area contributed by atoms with E-state index in [2.05, 4.69) is 76.8 Å². The Labute approximate surface area is 157 Å². The fraction of sp³-hybridized carbons (Fsp3) is 0.450. The molecule has 2 atom stereocenters. The molecule has 1 unspecified atom stereocenters.